The van der Waals surface area contributed by atoms with Gasteiger partial charge in [-0.3, -0.25) is 0 Å². The molecule has 1 aliphatic rings. The lowest BCUT2D eigenvalue weighted by Gasteiger charge is -2.42. The molecule has 3 rings (SSSR count). The predicted molar refractivity (Wildman–Crippen MR) is 86.0 cm³/mol. The summed E-state index contributed by atoms with van der Waals surface area (Å²) in [5, 5.41) is 4.61. The average molecular weight is 306 g/mol. The second-order valence-electron chi connectivity index (χ2n) is 5.50. The molecule has 0 amide bonds. The number of likely N-dealkylation sites (N-methyl/N-ethyl adjacent to an activating group) is 1. The Balaban J connectivity index is 1.82. The SMILES string of the molecule is CNC(Cc1nc2ccccc2s1)C1(OC)CCOCC1. The first-order valence-corrected chi connectivity index (χ1v) is 8.24. The molecule has 0 bridgehead atoms. The minimum absolute atomic E-state index is 0.148. The quantitative estimate of drug-likeness (QED) is 0.922. The molecule has 1 atom stereocenters. The maximum atomic E-state index is 5.91. The molecule has 0 radical (unpaired) electrons. The fraction of sp³-hybridized carbons (Fsp3) is 0.562. The van der Waals surface area contributed by atoms with E-state index in [2.05, 4.69) is 23.5 Å². The highest BCUT2D eigenvalue weighted by molar-refractivity contribution is 7.18. The van der Waals surface area contributed by atoms with Crippen LogP contribution in [0.15, 0.2) is 24.3 Å². The van der Waals surface area contributed by atoms with Gasteiger partial charge in [0.15, 0.2) is 0 Å². The van der Waals surface area contributed by atoms with Crippen LogP contribution in [0.1, 0.15) is 17.8 Å². The highest BCUT2D eigenvalue weighted by Crippen LogP contribution is 2.31. The van der Waals surface area contributed by atoms with Crippen LogP contribution in [0.5, 0.6) is 0 Å². The molecule has 1 aromatic heterocycles. The number of rotatable bonds is 5. The highest BCUT2D eigenvalue weighted by atomic mass is 32.1. The van der Waals surface area contributed by atoms with E-state index in [4.69, 9.17) is 14.5 Å². The first-order chi connectivity index (χ1) is 10.3. The zero-order valence-electron chi connectivity index (χ0n) is 12.6. The lowest BCUT2D eigenvalue weighted by molar-refractivity contribution is -0.109. The molecular weight excluding hydrogens is 284 g/mol. The summed E-state index contributed by atoms with van der Waals surface area (Å²) >= 11 is 1.78. The van der Waals surface area contributed by atoms with Crippen molar-refractivity contribution in [2.75, 3.05) is 27.4 Å². The summed E-state index contributed by atoms with van der Waals surface area (Å²) in [6.07, 6.45) is 2.75. The van der Waals surface area contributed by atoms with E-state index in [1.165, 1.54) is 9.71 Å². The molecular formula is C16H22N2O2S. The maximum absolute atomic E-state index is 5.91. The molecule has 2 heterocycles. The Kier molecular flexibility index (Phi) is 4.54. The van der Waals surface area contributed by atoms with E-state index in [9.17, 15) is 0 Å². The number of methoxy groups -OCH3 is 1. The number of thiazole rings is 1. The molecule has 1 saturated heterocycles. The second kappa shape index (κ2) is 6.40. The van der Waals surface area contributed by atoms with Crippen molar-refractivity contribution in [2.45, 2.75) is 30.9 Å². The number of fused-ring (bicyclic) bond motifs is 1. The van der Waals surface area contributed by atoms with Gasteiger partial charge in [-0.15, -0.1) is 11.3 Å². The Bertz CT molecular complexity index is 560. The maximum Gasteiger partial charge on any atom is 0.0955 e. The number of nitrogens with zero attached hydrogens (tertiary/aromatic N) is 1. The van der Waals surface area contributed by atoms with Gasteiger partial charge in [0, 0.05) is 45.6 Å². The number of hydrogen-bond acceptors (Lipinski definition) is 5. The summed E-state index contributed by atoms with van der Waals surface area (Å²) in [4.78, 5) is 4.75. The van der Waals surface area contributed by atoms with Gasteiger partial charge in [-0.25, -0.2) is 4.98 Å². The highest BCUT2D eigenvalue weighted by Gasteiger charge is 2.40. The van der Waals surface area contributed by atoms with Crippen molar-refractivity contribution in [3.05, 3.63) is 29.3 Å². The van der Waals surface area contributed by atoms with Gasteiger partial charge >= 0.3 is 0 Å². The van der Waals surface area contributed by atoms with Crippen LogP contribution in [0.25, 0.3) is 10.2 Å². The first-order valence-electron chi connectivity index (χ1n) is 7.42. The fourth-order valence-corrected chi connectivity index (χ4v) is 4.16. The number of aromatic nitrogens is 1. The predicted octanol–water partition coefficient (Wildman–Crippen LogP) is 2.62. The number of benzene rings is 1. The Hall–Kier alpha value is -1.01. The minimum atomic E-state index is -0.148. The average Bonchev–Trinajstić information content (AvgIpc) is 2.95. The van der Waals surface area contributed by atoms with Crippen LogP contribution >= 0.6 is 11.3 Å². The third-order valence-corrected chi connectivity index (χ3v) is 5.50. The molecule has 0 spiro atoms. The largest absolute Gasteiger partial charge is 0.381 e. The van der Waals surface area contributed by atoms with Crippen LogP contribution in [0, 0.1) is 0 Å². The Morgan fingerprint density at radius 3 is 2.81 bits per heavy atom. The summed E-state index contributed by atoms with van der Waals surface area (Å²) in [7, 11) is 3.82. The van der Waals surface area contributed by atoms with E-state index < -0.39 is 0 Å². The van der Waals surface area contributed by atoms with E-state index in [1.54, 1.807) is 11.3 Å². The molecule has 0 saturated carbocycles. The van der Waals surface area contributed by atoms with E-state index in [1.807, 2.05) is 20.2 Å². The standard InChI is InChI=1S/C16H22N2O2S/c1-17-14(16(19-2)7-9-20-10-8-16)11-15-18-12-5-3-4-6-13(12)21-15/h3-6,14,17H,7-11H2,1-2H3. The molecule has 1 fully saturated rings. The van der Waals surface area contributed by atoms with E-state index >= 15 is 0 Å². The van der Waals surface area contributed by atoms with Crippen LogP contribution < -0.4 is 5.32 Å². The van der Waals surface area contributed by atoms with Crippen molar-refractivity contribution in [1.29, 1.82) is 0 Å². The molecule has 1 unspecified atom stereocenters. The Morgan fingerprint density at radius 2 is 2.14 bits per heavy atom. The topological polar surface area (TPSA) is 43.4 Å². The number of ether oxygens (including phenoxy) is 2. The monoisotopic (exact) mass is 306 g/mol. The van der Waals surface area contributed by atoms with E-state index in [0.29, 0.717) is 0 Å². The lowest BCUT2D eigenvalue weighted by Crippen LogP contribution is -2.55. The molecule has 114 valence electrons. The normalized spacial score (nSPS) is 19.7. The van der Waals surface area contributed by atoms with Crippen LogP contribution in [0.4, 0.5) is 0 Å². The zero-order chi connectivity index (χ0) is 14.7. The summed E-state index contributed by atoms with van der Waals surface area (Å²) in [5.41, 5.74) is 0.941. The summed E-state index contributed by atoms with van der Waals surface area (Å²) in [6, 6.07) is 8.56. The number of hydrogen-bond donors (Lipinski definition) is 1. The van der Waals surface area contributed by atoms with Crippen molar-refractivity contribution in [2.24, 2.45) is 0 Å². The number of nitrogens with one attached hydrogen (secondary N) is 1. The molecule has 1 aliphatic heterocycles. The van der Waals surface area contributed by atoms with Crippen molar-refractivity contribution in [1.82, 2.24) is 10.3 Å². The van der Waals surface area contributed by atoms with Gasteiger partial charge in [0.25, 0.3) is 0 Å². The molecule has 1 aromatic carbocycles. The Labute approximate surface area is 129 Å². The third-order valence-electron chi connectivity index (χ3n) is 4.45. The van der Waals surface area contributed by atoms with Gasteiger partial charge in [0.2, 0.25) is 0 Å². The zero-order valence-corrected chi connectivity index (χ0v) is 13.4. The van der Waals surface area contributed by atoms with Gasteiger partial charge < -0.3 is 14.8 Å². The van der Waals surface area contributed by atoms with Gasteiger partial charge in [0.1, 0.15) is 0 Å². The van der Waals surface area contributed by atoms with Gasteiger partial charge in [-0.2, -0.15) is 0 Å². The van der Waals surface area contributed by atoms with Gasteiger partial charge in [0.05, 0.1) is 20.8 Å². The van der Waals surface area contributed by atoms with Crippen LogP contribution in [0.3, 0.4) is 0 Å². The van der Waals surface area contributed by atoms with Crippen LogP contribution in [0.2, 0.25) is 0 Å². The second-order valence-corrected chi connectivity index (χ2v) is 6.62. The van der Waals surface area contributed by atoms with Crippen molar-refractivity contribution < 1.29 is 9.47 Å². The van der Waals surface area contributed by atoms with Crippen molar-refractivity contribution in [3.63, 3.8) is 0 Å². The lowest BCUT2D eigenvalue weighted by atomic mass is 9.84. The van der Waals surface area contributed by atoms with E-state index in [-0.39, 0.29) is 11.6 Å². The minimum Gasteiger partial charge on any atom is -0.381 e. The molecule has 0 aliphatic carbocycles. The van der Waals surface area contributed by atoms with Crippen LogP contribution in [-0.2, 0) is 15.9 Å². The molecule has 1 N–H and O–H groups in total. The molecule has 5 heteroatoms. The van der Waals surface area contributed by atoms with Crippen molar-refractivity contribution >= 4 is 21.6 Å². The Morgan fingerprint density at radius 1 is 1.38 bits per heavy atom. The summed E-state index contributed by atoms with van der Waals surface area (Å²) in [5.74, 6) is 0. The van der Waals surface area contributed by atoms with E-state index in [0.717, 1.165) is 38.0 Å². The summed E-state index contributed by atoms with van der Waals surface area (Å²) in [6.45, 7) is 1.54. The summed E-state index contributed by atoms with van der Waals surface area (Å²) < 4.78 is 12.7. The van der Waals surface area contributed by atoms with Crippen LogP contribution in [-0.4, -0.2) is 44.0 Å². The molecule has 4 nitrogen and oxygen atoms in total. The van der Waals surface area contributed by atoms with Crippen molar-refractivity contribution in [3.8, 4) is 0 Å². The first kappa shape index (κ1) is 14.9. The van der Waals surface area contributed by atoms with Gasteiger partial charge in [-0.05, 0) is 19.2 Å². The fourth-order valence-electron chi connectivity index (χ4n) is 3.14. The smallest absolute Gasteiger partial charge is 0.0955 e. The third kappa shape index (κ3) is 2.97. The molecule has 21 heavy (non-hydrogen) atoms. The number of para-hydroxylation sites is 1. The molecule has 2 aromatic rings. The van der Waals surface area contributed by atoms with Gasteiger partial charge in [-0.1, -0.05) is 12.1 Å².